The van der Waals surface area contributed by atoms with Crippen molar-refractivity contribution in [1.29, 1.82) is 0 Å². The number of rotatable bonds is 3. The fourth-order valence-corrected chi connectivity index (χ4v) is 1.54. The molecule has 0 radical (unpaired) electrons. The summed E-state index contributed by atoms with van der Waals surface area (Å²) in [6.07, 6.45) is 0.888. The van der Waals surface area contributed by atoms with Crippen LogP contribution in [0.4, 0.5) is 0 Å². The number of nitrogens with one attached hydrogen (secondary N) is 1. The van der Waals surface area contributed by atoms with Gasteiger partial charge in [-0.2, -0.15) is 0 Å². The van der Waals surface area contributed by atoms with Crippen LogP contribution in [-0.2, 0) is 0 Å². The molecule has 1 unspecified atom stereocenters. The largest absolute Gasteiger partial charge is 0.350 e. The first-order valence-corrected chi connectivity index (χ1v) is 6.25. The zero-order valence-electron chi connectivity index (χ0n) is 10.6. The molecule has 1 rings (SSSR count). The van der Waals surface area contributed by atoms with Crippen molar-refractivity contribution in [2.75, 3.05) is 6.54 Å². The molecule has 0 aliphatic carbocycles. The van der Waals surface area contributed by atoms with Gasteiger partial charge in [-0.05, 0) is 31.5 Å². The SMILES string of the molecule is CCC(C)NC(=O)c1ccc(C#CCN)c(Cl)c1. The molecule has 0 aliphatic rings. The predicted molar refractivity (Wildman–Crippen MR) is 74.6 cm³/mol. The van der Waals surface area contributed by atoms with Crippen LogP contribution in [0.1, 0.15) is 36.2 Å². The lowest BCUT2D eigenvalue weighted by atomic mass is 10.1. The van der Waals surface area contributed by atoms with Crippen LogP contribution >= 0.6 is 11.6 Å². The summed E-state index contributed by atoms with van der Waals surface area (Å²) < 4.78 is 0. The maximum atomic E-state index is 11.9. The van der Waals surface area contributed by atoms with E-state index in [4.69, 9.17) is 17.3 Å². The number of hydrogen-bond acceptors (Lipinski definition) is 2. The molecule has 0 heterocycles. The van der Waals surface area contributed by atoms with Gasteiger partial charge in [-0.15, -0.1) is 0 Å². The number of carbonyl (C=O) groups excluding carboxylic acids is 1. The Labute approximate surface area is 113 Å². The van der Waals surface area contributed by atoms with Crippen molar-refractivity contribution in [2.45, 2.75) is 26.3 Å². The summed E-state index contributed by atoms with van der Waals surface area (Å²) in [5.74, 6) is 5.46. The highest BCUT2D eigenvalue weighted by Gasteiger charge is 2.09. The van der Waals surface area contributed by atoms with Crippen LogP contribution in [-0.4, -0.2) is 18.5 Å². The van der Waals surface area contributed by atoms with E-state index in [0.29, 0.717) is 16.1 Å². The summed E-state index contributed by atoms with van der Waals surface area (Å²) in [4.78, 5) is 11.9. The Kier molecular flexibility index (Phi) is 5.70. The van der Waals surface area contributed by atoms with E-state index < -0.39 is 0 Å². The molecule has 0 bridgehead atoms. The highest BCUT2D eigenvalue weighted by molar-refractivity contribution is 6.32. The topological polar surface area (TPSA) is 55.1 Å². The van der Waals surface area contributed by atoms with Crippen molar-refractivity contribution < 1.29 is 4.79 Å². The van der Waals surface area contributed by atoms with Crippen LogP contribution < -0.4 is 11.1 Å². The molecule has 1 aromatic carbocycles. The second kappa shape index (κ2) is 7.05. The molecule has 18 heavy (non-hydrogen) atoms. The van der Waals surface area contributed by atoms with E-state index in [1.54, 1.807) is 18.2 Å². The highest BCUT2D eigenvalue weighted by Crippen LogP contribution is 2.17. The third-order valence-corrected chi connectivity index (χ3v) is 2.86. The minimum absolute atomic E-state index is 0.121. The first kappa shape index (κ1) is 14.6. The van der Waals surface area contributed by atoms with Crippen molar-refractivity contribution in [1.82, 2.24) is 5.32 Å². The predicted octanol–water partition coefficient (Wildman–Crippen LogP) is 2.18. The summed E-state index contributed by atoms with van der Waals surface area (Å²) in [6.45, 7) is 4.26. The lowest BCUT2D eigenvalue weighted by Crippen LogP contribution is -2.31. The van der Waals surface area contributed by atoms with Gasteiger partial charge in [0, 0.05) is 17.2 Å². The van der Waals surface area contributed by atoms with Gasteiger partial charge in [-0.3, -0.25) is 4.79 Å². The molecular weight excluding hydrogens is 248 g/mol. The molecule has 1 atom stereocenters. The van der Waals surface area contributed by atoms with Gasteiger partial charge in [0.15, 0.2) is 0 Å². The Morgan fingerprint density at radius 2 is 2.28 bits per heavy atom. The van der Waals surface area contributed by atoms with Gasteiger partial charge >= 0.3 is 0 Å². The van der Waals surface area contributed by atoms with E-state index in [0.717, 1.165) is 6.42 Å². The van der Waals surface area contributed by atoms with Crippen LogP contribution in [0.15, 0.2) is 18.2 Å². The van der Waals surface area contributed by atoms with Crippen molar-refractivity contribution >= 4 is 17.5 Å². The molecule has 0 aliphatic heterocycles. The third kappa shape index (κ3) is 4.06. The number of hydrogen-bond donors (Lipinski definition) is 2. The monoisotopic (exact) mass is 264 g/mol. The summed E-state index contributed by atoms with van der Waals surface area (Å²) >= 11 is 6.06. The Morgan fingerprint density at radius 3 is 2.83 bits per heavy atom. The van der Waals surface area contributed by atoms with E-state index in [9.17, 15) is 4.79 Å². The van der Waals surface area contributed by atoms with Gasteiger partial charge < -0.3 is 11.1 Å². The van der Waals surface area contributed by atoms with Gasteiger partial charge in [0.2, 0.25) is 0 Å². The number of nitrogens with two attached hydrogens (primary N) is 1. The second-order valence-corrected chi connectivity index (χ2v) is 4.39. The average Bonchev–Trinajstić information content (AvgIpc) is 2.37. The highest BCUT2D eigenvalue weighted by atomic mass is 35.5. The minimum Gasteiger partial charge on any atom is -0.350 e. The third-order valence-electron chi connectivity index (χ3n) is 2.55. The standard InChI is InChI=1S/C14H17ClN2O/c1-3-10(2)17-14(18)12-7-6-11(5-4-8-16)13(15)9-12/h6-7,9-10H,3,8,16H2,1-2H3,(H,17,18). The Hall–Kier alpha value is -1.50. The van der Waals surface area contributed by atoms with Crippen LogP contribution in [0.3, 0.4) is 0 Å². The van der Waals surface area contributed by atoms with Gasteiger partial charge in [0.05, 0.1) is 11.6 Å². The lowest BCUT2D eigenvalue weighted by Gasteiger charge is -2.11. The zero-order valence-corrected chi connectivity index (χ0v) is 11.3. The maximum Gasteiger partial charge on any atom is 0.251 e. The normalized spacial score (nSPS) is 11.3. The molecule has 0 spiro atoms. The van der Waals surface area contributed by atoms with Crippen LogP contribution in [0.5, 0.6) is 0 Å². The Balaban J connectivity index is 2.87. The van der Waals surface area contributed by atoms with Gasteiger partial charge in [0.1, 0.15) is 0 Å². The summed E-state index contributed by atoms with van der Waals surface area (Å²) in [6, 6.07) is 5.22. The molecule has 0 saturated heterocycles. The van der Waals surface area contributed by atoms with Crippen molar-refractivity contribution in [2.24, 2.45) is 5.73 Å². The number of halogens is 1. The van der Waals surface area contributed by atoms with Crippen molar-refractivity contribution in [3.05, 3.63) is 34.3 Å². The minimum atomic E-state index is -0.121. The average molecular weight is 265 g/mol. The molecule has 0 fully saturated rings. The molecule has 1 aromatic rings. The van der Waals surface area contributed by atoms with Gasteiger partial charge in [0.25, 0.3) is 5.91 Å². The molecule has 4 heteroatoms. The zero-order chi connectivity index (χ0) is 13.5. The molecule has 96 valence electrons. The Bertz CT molecular complexity index is 488. The summed E-state index contributed by atoms with van der Waals surface area (Å²) in [5, 5.41) is 3.35. The summed E-state index contributed by atoms with van der Waals surface area (Å²) in [7, 11) is 0. The molecule has 3 N–H and O–H groups in total. The molecule has 3 nitrogen and oxygen atoms in total. The van der Waals surface area contributed by atoms with Crippen LogP contribution in [0, 0.1) is 11.8 Å². The number of benzene rings is 1. The second-order valence-electron chi connectivity index (χ2n) is 3.98. The van der Waals surface area contributed by atoms with E-state index in [1.165, 1.54) is 0 Å². The molecule has 1 amide bonds. The first-order valence-electron chi connectivity index (χ1n) is 5.87. The maximum absolute atomic E-state index is 11.9. The molecular formula is C14H17ClN2O. The van der Waals surface area contributed by atoms with Crippen LogP contribution in [0.25, 0.3) is 0 Å². The smallest absolute Gasteiger partial charge is 0.251 e. The fraction of sp³-hybridized carbons (Fsp3) is 0.357. The van der Waals surface area contributed by atoms with E-state index in [-0.39, 0.29) is 18.5 Å². The first-order chi connectivity index (χ1) is 8.58. The quantitative estimate of drug-likeness (QED) is 0.822. The van der Waals surface area contributed by atoms with Gasteiger partial charge in [-0.25, -0.2) is 0 Å². The van der Waals surface area contributed by atoms with E-state index in [2.05, 4.69) is 17.2 Å². The number of carbonyl (C=O) groups is 1. The van der Waals surface area contributed by atoms with Crippen molar-refractivity contribution in [3.63, 3.8) is 0 Å². The number of amides is 1. The van der Waals surface area contributed by atoms with Crippen LogP contribution in [0.2, 0.25) is 5.02 Å². The van der Waals surface area contributed by atoms with E-state index >= 15 is 0 Å². The van der Waals surface area contributed by atoms with Crippen molar-refractivity contribution in [3.8, 4) is 11.8 Å². The lowest BCUT2D eigenvalue weighted by molar-refractivity contribution is 0.0939. The fourth-order valence-electron chi connectivity index (χ4n) is 1.31. The molecule has 0 aromatic heterocycles. The molecule has 0 saturated carbocycles. The van der Waals surface area contributed by atoms with E-state index in [1.807, 2.05) is 13.8 Å². The Morgan fingerprint density at radius 1 is 1.56 bits per heavy atom. The van der Waals surface area contributed by atoms with Gasteiger partial charge in [-0.1, -0.05) is 30.4 Å². The summed E-state index contributed by atoms with van der Waals surface area (Å²) in [5.41, 5.74) is 6.52.